The maximum atomic E-state index is 13.1. The summed E-state index contributed by atoms with van der Waals surface area (Å²) < 4.78 is 1.72. The standard InChI is InChI=1S/C21H18N6O/c1-13-19-16(21(28)24-15-7-10-22-11-8-15)12-17(14-5-6-14)25-20(19)27(26-13)18-4-2-3-9-23-18/h2-4,7-12,14H,5-6H2,1H3,(H,22,24,28). The average Bonchev–Trinajstić information content (AvgIpc) is 3.53. The molecular formula is C21H18N6O. The highest BCUT2D eigenvalue weighted by Gasteiger charge is 2.29. The number of nitrogens with zero attached hydrogens (tertiary/aromatic N) is 5. The molecule has 5 rings (SSSR count). The summed E-state index contributed by atoms with van der Waals surface area (Å²) in [5.41, 5.74) is 3.64. The van der Waals surface area contributed by atoms with Gasteiger partial charge in [-0.15, -0.1) is 0 Å². The quantitative estimate of drug-likeness (QED) is 0.593. The van der Waals surface area contributed by atoms with Gasteiger partial charge < -0.3 is 5.32 Å². The van der Waals surface area contributed by atoms with Crippen molar-refractivity contribution in [1.29, 1.82) is 0 Å². The molecule has 0 spiro atoms. The Morgan fingerprint density at radius 1 is 1.14 bits per heavy atom. The number of pyridine rings is 3. The highest BCUT2D eigenvalue weighted by atomic mass is 16.1. The van der Waals surface area contributed by atoms with Crippen molar-refractivity contribution >= 4 is 22.6 Å². The van der Waals surface area contributed by atoms with Crippen LogP contribution in [0.2, 0.25) is 0 Å². The Kier molecular flexibility index (Phi) is 3.86. The summed E-state index contributed by atoms with van der Waals surface area (Å²) in [5.74, 6) is 0.912. The van der Waals surface area contributed by atoms with Gasteiger partial charge in [-0.2, -0.15) is 9.78 Å². The van der Waals surface area contributed by atoms with Crippen LogP contribution >= 0.6 is 0 Å². The number of hydrogen-bond acceptors (Lipinski definition) is 5. The van der Waals surface area contributed by atoms with Crippen LogP contribution < -0.4 is 5.32 Å². The van der Waals surface area contributed by atoms with Gasteiger partial charge in [-0.3, -0.25) is 9.78 Å². The smallest absolute Gasteiger partial charge is 0.256 e. The fourth-order valence-corrected chi connectivity index (χ4v) is 3.35. The molecule has 0 aliphatic heterocycles. The molecule has 138 valence electrons. The minimum absolute atomic E-state index is 0.177. The molecule has 28 heavy (non-hydrogen) atoms. The zero-order valence-corrected chi connectivity index (χ0v) is 15.3. The summed E-state index contributed by atoms with van der Waals surface area (Å²) in [5, 5.41) is 8.34. The van der Waals surface area contributed by atoms with Crippen LogP contribution in [0, 0.1) is 6.92 Å². The number of aryl methyl sites for hydroxylation is 1. The van der Waals surface area contributed by atoms with E-state index in [0.29, 0.717) is 28.6 Å². The number of carbonyl (C=O) groups excluding carboxylic acids is 1. The van der Waals surface area contributed by atoms with Crippen LogP contribution in [0.3, 0.4) is 0 Å². The molecule has 1 N–H and O–H groups in total. The molecular weight excluding hydrogens is 352 g/mol. The van der Waals surface area contributed by atoms with E-state index in [1.165, 1.54) is 0 Å². The Morgan fingerprint density at radius 2 is 1.96 bits per heavy atom. The van der Waals surface area contributed by atoms with Gasteiger partial charge in [0.1, 0.15) is 0 Å². The SMILES string of the molecule is Cc1nn(-c2ccccn2)c2nc(C3CC3)cc(C(=O)Nc3ccncc3)c12. The summed E-state index contributed by atoms with van der Waals surface area (Å²) in [6.45, 7) is 1.89. The van der Waals surface area contributed by atoms with E-state index in [4.69, 9.17) is 4.98 Å². The Bertz CT molecular complexity index is 1170. The van der Waals surface area contributed by atoms with E-state index >= 15 is 0 Å². The number of fused-ring (bicyclic) bond motifs is 1. The average molecular weight is 370 g/mol. The highest BCUT2D eigenvalue weighted by Crippen LogP contribution is 2.40. The fourth-order valence-electron chi connectivity index (χ4n) is 3.35. The molecule has 0 unspecified atom stereocenters. The van der Waals surface area contributed by atoms with E-state index < -0.39 is 0 Å². The Balaban J connectivity index is 1.68. The molecule has 4 aromatic heterocycles. The highest BCUT2D eigenvalue weighted by molar-refractivity contribution is 6.12. The van der Waals surface area contributed by atoms with E-state index in [9.17, 15) is 4.79 Å². The number of carbonyl (C=O) groups is 1. The van der Waals surface area contributed by atoms with Crippen LogP contribution in [0.4, 0.5) is 5.69 Å². The van der Waals surface area contributed by atoms with Crippen molar-refractivity contribution in [2.75, 3.05) is 5.32 Å². The first-order valence-corrected chi connectivity index (χ1v) is 9.24. The van der Waals surface area contributed by atoms with Gasteiger partial charge in [0.05, 0.1) is 16.6 Å². The molecule has 1 saturated carbocycles. The third kappa shape index (κ3) is 2.90. The zero-order chi connectivity index (χ0) is 19.1. The lowest BCUT2D eigenvalue weighted by atomic mass is 10.1. The van der Waals surface area contributed by atoms with Crippen molar-refractivity contribution in [1.82, 2.24) is 24.7 Å². The van der Waals surface area contributed by atoms with Crippen molar-refractivity contribution in [3.05, 3.63) is 71.9 Å². The van der Waals surface area contributed by atoms with E-state index in [-0.39, 0.29) is 5.91 Å². The molecule has 1 fully saturated rings. The lowest BCUT2D eigenvalue weighted by Crippen LogP contribution is -2.14. The monoisotopic (exact) mass is 370 g/mol. The number of rotatable bonds is 4. The van der Waals surface area contributed by atoms with Crippen LogP contribution in [-0.4, -0.2) is 30.6 Å². The molecule has 0 saturated heterocycles. The molecule has 4 aromatic rings. The molecule has 1 amide bonds. The van der Waals surface area contributed by atoms with Gasteiger partial charge in [0.25, 0.3) is 5.91 Å². The van der Waals surface area contributed by atoms with Gasteiger partial charge in [-0.1, -0.05) is 6.07 Å². The van der Waals surface area contributed by atoms with Gasteiger partial charge in [-0.25, -0.2) is 9.97 Å². The molecule has 7 heteroatoms. The van der Waals surface area contributed by atoms with Gasteiger partial charge >= 0.3 is 0 Å². The van der Waals surface area contributed by atoms with Crippen LogP contribution in [0.15, 0.2) is 55.0 Å². The minimum Gasteiger partial charge on any atom is -0.322 e. The van der Waals surface area contributed by atoms with E-state index in [2.05, 4.69) is 20.4 Å². The Labute approximate surface area is 161 Å². The summed E-state index contributed by atoms with van der Waals surface area (Å²) in [6, 6.07) is 11.1. The van der Waals surface area contributed by atoms with Crippen molar-refractivity contribution in [3.8, 4) is 5.82 Å². The predicted molar refractivity (Wildman–Crippen MR) is 106 cm³/mol. The lowest BCUT2D eigenvalue weighted by Gasteiger charge is -2.09. The van der Waals surface area contributed by atoms with Crippen molar-refractivity contribution in [2.45, 2.75) is 25.7 Å². The van der Waals surface area contributed by atoms with Gasteiger partial charge in [0, 0.05) is 35.9 Å². The van der Waals surface area contributed by atoms with Crippen LogP contribution in [0.5, 0.6) is 0 Å². The van der Waals surface area contributed by atoms with Crippen LogP contribution in [0.1, 0.15) is 40.5 Å². The minimum atomic E-state index is -0.177. The summed E-state index contributed by atoms with van der Waals surface area (Å²) >= 11 is 0. The predicted octanol–water partition coefficient (Wildman–Crippen LogP) is 3.65. The number of nitrogens with one attached hydrogen (secondary N) is 1. The molecule has 4 heterocycles. The largest absolute Gasteiger partial charge is 0.322 e. The third-order valence-corrected chi connectivity index (χ3v) is 4.88. The van der Waals surface area contributed by atoms with Crippen molar-refractivity contribution in [2.24, 2.45) is 0 Å². The van der Waals surface area contributed by atoms with Gasteiger partial charge in [0.2, 0.25) is 0 Å². The maximum absolute atomic E-state index is 13.1. The molecule has 0 bridgehead atoms. The van der Waals surface area contributed by atoms with Crippen LogP contribution in [0.25, 0.3) is 16.9 Å². The molecule has 0 radical (unpaired) electrons. The second-order valence-electron chi connectivity index (χ2n) is 6.94. The topological polar surface area (TPSA) is 85.6 Å². The van der Waals surface area contributed by atoms with E-state index in [0.717, 1.165) is 29.6 Å². The Hall–Kier alpha value is -3.61. The molecule has 7 nitrogen and oxygen atoms in total. The molecule has 1 aliphatic carbocycles. The number of hydrogen-bond donors (Lipinski definition) is 1. The van der Waals surface area contributed by atoms with E-state index in [1.54, 1.807) is 35.4 Å². The number of anilines is 1. The maximum Gasteiger partial charge on any atom is 0.256 e. The van der Waals surface area contributed by atoms with Crippen molar-refractivity contribution in [3.63, 3.8) is 0 Å². The first kappa shape index (κ1) is 16.6. The van der Waals surface area contributed by atoms with E-state index in [1.807, 2.05) is 31.2 Å². The summed E-state index contributed by atoms with van der Waals surface area (Å²) in [7, 11) is 0. The molecule has 0 atom stereocenters. The summed E-state index contributed by atoms with van der Waals surface area (Å²) in [4.78, 5) is 26.4. The molecule has 1 aliphatic rings. The fraction of sp³-hybridized carbons (Fsp3) is 0.190. The second-order valence-corrected chi connectivity index (χ2v) is 6.94. The van der Waals surface area contributed by atoms with Gasteiger partial charge in [0.15, 0.2) is 11.5 Å². The molecule has 0 aromatic carbocycles. The first-order valence-electron chi connectivity index (χ1n) is 9.24. The zero-order valence-electron chi connectivity index (χ0n) is 15.3. The Morgan fingerprint density at radius 3 is 2.68 bits per heavy atom. The number of aromatic nitrogens is 5. The van der Waals surface area contributed by atoms with Gasteiger partial charge in [-0.05, 0) is 50.1 Å². The third-order valence-electron chi connectivity index (χ3n) is 4.88. The van der Waals surface area contributed by atoms with Crippen molar-refractivity contribution < 1.29 is 4.79 Å². The summed E-state index contributed by atoms with van der Waals surface area (Å²) in [6.07, 6.45) is 7.22. The first-order chi connectivity index (χ1) is 13.7. The normalized spacial score (nSPS) is 13.6. The number of amides is 1. The van der Waals surface area contributed by atoms with Crippen LogP contribution in [-0.2, 0) is 0 Å². The second kappa shape index (κ2) is 6.53. The lowest BCUT2D eigenvalue weighted by molar-refractivity contribution is 0.102.